The fraction of sp³-hybridized carbons (Fsp3) is 0.333. The van der Waals surface area contributed by atoms with Crippen LogP contribution in [0.1, 0.15) is 92.4 Å². The molecule has 0 amide bonds. The summed E-state index contributed by atoms with van der Waals surface area (Å²) >= 11 is 0. The molecular weight excluding hydrogens is 797 g/mol. The molecule has 15 heteroatoms. The third kappa shape index (κ3) is 6.36. The molecule has 0 fully saturated rings. The first-order chi connectivity index (χ1) is 30.3. The van der Waals surface area contributed by atoms with Crippen LogP contribution in [0.25, 0.3) is 44.8 Å². The van der Waals surface area contributed by atoms with Crippen molar-refractivity contribution in [3.05, 3.63) is 143 Å². The van der Waals surface area contributed by atoms with Crippen molar-refractivity contribution in [3.63, 3.8) is 0 Å². The van der Waals surface area contributed by atoms with Gasteiger partial charge in [0.2, 0.25) is 6.29 Å². The van der Waals surface area contributed by atoms with Crippen molar-refractivity contribution >= 4 is 22.3 Å². The van der Waals surface area contributed by atoms with Gasteiger partial charge in [-0.2, -0.15) is 0 Å². The summed E-state index contributed by atoms with van der Waals surface area (Å²) < 4.78 is 16.2. The predicted octanol–water partition coefficient (Wildman–Crippen LogP) is 6.16. The van der Waals surface area contributed by atoms with Crippen LogP contribution in [0.4, 0.5) is 0 Å². The van der Waals surface area contributed by atoms with Gasteiger partial charge in [-0.25, -0.2) is 39.9 Å². The van der Waals surface area contributed by atoms with Crippen LogP contribution >= 0.6 is 0 Å². The van der Waals surface area contributed by atoms with E-state index in [1.54, 1.807) is 52.5 Å². The number of hydrogen-bond donors (Lipinski definition) is 3. The molecule has 3 N–H and O–H groups in total. The van der Waals surface area contributed by atoms with Gasteiger partial charge >= 0.3 is 0 Å². The summed E-state index contributed by atoms with van der Waals surface area (Å²) in [6.45, 7) is 8.11. The number of rotatable bonds is 4. The lowest BCUT2D eigenvalue weighted by Gasteiger charge is -2.38. The third-order valence-corrected chi connectivity index (χ3v) is 12.9. The molecule has 63 heavy (non-hydrogen) atoms. The lowest BCUT2D eigenvalue weighted by Crippen LogP contribution is -2.43. The Balaban J connectivity index is 0.000000141. The zero-order valence-electron chi connectivity index (χ0n) is 35.4. The molecule has 6 aromatic heterocycles. The zero-order valence-corrected chi connectivity index (χ0v) is 35.4. The largest absolute Gasteiger partial charge is 0.382 e. The second-order valence-corrected chi connectivity index (χ2v) is 18.0. The summed E-state index contributed by atoms with van der Waals surface area (Å²) in [5.41, 5.74) is 8.38. The number of pyridine rings is 2. The molecule has 2 aromatic carbocycles. The minimum absolute atomic E-state index is 0.272. The van der Waals surface area contributed by atoms with Crippen LogP contribution in [0.15, 0.2) is 97.6 Å². The topological polar surface area (TPSA) is 192 Å². The van der Waals surface area contributed by atoms with Crippen LogP contribution in [-0.4, -0.2) is 77.5 Å². The summed E-state index contributed by atoms with van der Waals surface area (Å²) in [6.07, 6.45) is 9.44. The quantitative estimate of drug-likeness (QED) is 0.183. The summed E-state index contributed by atoms with van der Waals surface area (Å²) in [5, 5.41) is 30.8. The third-order valence-electron chi connectivity index (χ3n) is 12.9. The van der Waals surface area contributed by atoms with Crippen molar-refractivity contribution < 1.29 is 24.8 Å². The Labute approximate surface area is 362 Å². The van der Waals surface area contributed by atoms with E-state index in [-0.39, 0.29) is 5.54 Å². The molecule has 8 heterocycles. The Kier molecular flexibility index (Phi) is 8.99. The predicted molar refractivity (Wildman–Crippen MR) is 232 cm³/mol. The van der Waals surface area contributed by atoms with E-state index in [0.29, 0.717) is 54.2 Å². The minimum atomic E-state index is -1.11. The number of ether oxygens (including phenoxy) is 2. The second kappa shape index (κ2) is 14.3. The number of aryl methyl sites for hydroxylation is 2. The van der Waals surface area contributed by atoms with Gasteiger partial charge in [0.15, 0.2) is 28.8 Å². The lowest BCUT2D eigenvalue weighted by molar-refractivity contribution is -0.149. The number of hydrogen-bond acceptors (Lipinski definition) is 13. The Morgan fingerprint density at radius 3 is 1.63 bits per heavy atom. The Morgan fingerprint density at radius 2 is 1.10 bits per heavy atom. The minimum Gasteiger partial charge on any atom is -0.382 e. The highest BCUT2D eigenvalue weighted by atomic mass is 16.6. The van der Waals surface area contributed by atoms with Gasteiger partial charge in [0, 0.05) is 35.9 Å². The van der Waals surface area contributed by atoms with Crippen LogP contribution in [0.3, 0.4) is 0 Å². The maximum absolute atomic E-state index is 10.6. The van der Waals surface area contributed by atoms with E-state index in [0.717, 1.165) is 59.5 Å². The number of fused-ring (bicyclic) bond motifs is 12. The van der Waals surface area contributed by atoms with E-state index >= 15 is 0 Å². The van der Waals surface area contributed by atoms with Crippen molar-refractivity contribution in [1.82, 2.24) is 49.0 Å². The zero-order chi connectivity index (χ0) is 43.3. The number of aliphatic hydroxyl groups is 3. The first-order valence-electron chi connectivity index (χ1n) is 21.3. The van der Waals surface area contributed by atoms with Gasteiger partial charge in [-0.15, -0.1) is 0 Å². The molecule has 4 aliphatic rings. The van der Waals surface area contributed by atoms with E-state index in [1.165, 1.54) is 22.3 Å². The van der Waals surface area contributed by atoms with Crippen LogP contribution < -0.4 is 0 Å². The average Bonchev–Trinajstić information content (AvgIpc) is 4.07. The summed E-state index contributed by atoms with van der Waals surface area (Å²) in [4.78, 5) is 36.7. The van der Waals surface area contributed by atoms with Gasteiger partial charge in [0.25, 0.3) is 0 Å². The van der Waals surface area contributed by atoms with E-state index in [2.05, 4.69) is 76.5 Å². The Bertz CT molecular complexity index is 3060. The van der Waals surface area contributed by atoms with Crippen molar-refractivity contribution in [2.24, 2.45) is 0 Å². The molecule has 2 aliphatic carbocycles. The molecule has 12 rings (SSSR count). The monoisotopic (exact) mass is 842 g/mol. The Hall–Kier alpha value is -6.36. The number of aromatic nitrogens is 10. The molecule has 2 spiro atoms. The lowest BCUT2D eigenvalue weighted by atomic mass is 9.91. The maximum Gasteiger partial charge on any atom is 0.215 e. The molecule has 8 aromatic rings. The fourth-order valence-corrected chi connectivity index (χ4v) is 9.82. The van der Waals surface area contributed by atoms with Gasteiger partial charge < -0.3 is 24.8 Å². The van der Waals surface area contributed by atoms with Gasteiger partial charge in [-0.1, -0.05) is 48.5 Å². The molecule has 318 valence electrons. The maximum atomic E-state index is 10.6. The molecular formula is C48H46N10O5. The molecule has 2 aliphatic heterocycles. The van der Waals surface area contributed by atoms with Crippen molar-refractivity contribution in [1.29, 1.82) is 0 Å². The number of benzene rings is 2. The van der Waals surface area contributed by atoms with Gasteiger partial charge in [0.05, 0.1) is 35.7 Å². The smallest absolute Gasteiger partial charge is 0.215 e. The van der Waals surface area contributed by atoms with Gasteiger partial charge in [-0.05, 0) is 99.9 Å². The summed E-state index contributed by atoms with van der Waals surface area (Å²) in [5.74, 6) is 2.13. The molecule has 0 saturated carbocycles. The molecule has 0 bridgehead atoms. The Morgan fingerprint density at radius 1 is 0.603 bits per heavy atom. The van der Waals surface area contributed by atoms with Gasteiger partial charge in [0.1, 0.15) is 34.7 Å². The highest BCUT2D eigenvalue weighted by Crippen LogP contribution is 2.47. The average molecular weight is 843 g/mol. The second-order valence-electron chi connectivity index (χ2n) is 18.0. The standard InChI is InChI=1S/C24H23N5O3.C24H23N5O2/c1-23(2,31)22-25-11-15(12-26-22)17-7-8-18-19(27-17)29-20(28-18)21(30)32-13-24(29)10-9-14-5-3-4-6-16(14)24;1-23(2,30)22-25-11-16(12-26-22)18-7-8-19-21(28-18)29-20(27-19)13-31-14-24(29)10-9-15-5-3-4-6-17(15)24/h3-8,11-12,21,30-31H,9-10,13H2,1-2H3;3-8,11-12,30H,9-10,13-14H2,1-2H3. The first-order valence-corrected chi connectivity index (χ1v) is 21.3. The molecule has 15 nitrogen and oxygen atoms in total. The summed E-state index contributed by atoms with van der Waals surface area (Å²) in [7, 11) is 0. The van der Waals surface area contributed by atoms with E-state index < -0.39 is 23.0 Å². The van der Waals surface area contributed by atoms with Gasteiger partial charge in [-0.3, -0.25) is 9.13 Å². The number of nitrogens with zero attached hydrogens (tertiary/aromatic N) is 10. The summed E-state index contributed by atoms with van der Waals surface area (Å²) in [6, 6.07) is 24.7. The molecule has 0 radical (unpaired) electrons. The number of aliphatic hydroxyl groups excluding tert-OH is 1. The van der Waals surface area contributed by atoms with Crippen LogP contribution in [0, 0.1) is 0 Å². The fourth-order valence-electron chi connectivity index (χ4n) is 9.82. The number of imidazole rings is 2. The van der Waals surface area contributed by atoms with E-state index in [9.17, 15) is 15.3 Å². The molecule has 0 saturated heterocycles. The SMILES string of the molecule is CC(C)(O)c1ncc(-c2ccc3nc4n(c3n2)C2(CCc3ccccc32)COC4)cn1.CC(C)(O)c1ncc(-c2ccc3nc4n(c3n2)C2(CCc3ccccc32)COC4O)cn1. The van der Waals surface area contributed by atoms with Crippen LogP contribution in [0.2, 0.25) is 0 Å². The highest BCUT2D eigenvalue weighted by molar-refractivity contribution is 5.78. The van der Waals surface area contributed by atoms with Crippen LogP contribution in [-0.2, 0) is 51.2 Å². The van der Waals surface area contributed by atoms with Crippen LogP contribution in [0.5, 0.6) is 0 Å². The molecule has 3 atom stereocenters. The van der Waals surface area contributed by atoms with Crippen molar-refractivity contribution in [2.75, 3.05) is 13.2 Å². The van der Waals surface area contributed by atoms with Crippen molar-refractivity contribution in [2.45, 2.75) is 88.6 Å². The first kappa shape index (κ1) is 39.5. The molecule has 3 unspecified atom stereocenters. The van der Waals surface area contributed by atoms with E-state index in [1.807, 2.05) is 30.3 Å². The van der Waals surface area contributed by atoms with Crippen molar-refractivity contribution in [3.8, 4) is 22.5 Å². The van der Waals surface area contributed by atoms with E-state index in [4.69, 9.17) is 24.4 Å². The highest BCUT2D eigenvalue weighted by Gasteiger charge is 2.48. The normalized spacial score (nSPS) is 21.3.